The van der Waals surface area contributed by atoms with Gasteiger partial charge in [0.1, 0.15) is 11.5 Å². The quantitative estimate of drug-likeness (QED) is 0.470. The van der Waals surface area contributed by atoms with Crippen LogP contribution in [0.2, 0.25) is 0 Å². The molecule has 0 bridgehead atoms. The number of aliphatic hydroxyl groups is 2. The highest BCUT2D eigenvalue weighted by molar-refractivity contribution is 6.09. The topological polar surface area (TPSA) is 95.9 Å². The van der Waals surface area contributed by atoms with Gasteiger partial charge in [0, 0.05) is 31.4 Å². The number of hydrogen-bond acceptors (Lipinski definition) is 5. The molecule has 1 heterocycles. The van der Waals surface area contributed by atoms with Gasteiger partial charge < -0.3 is 20.3 Å². The minimum absolute atomic E-state index is 0.0760. The van der Waals surface area contributed by atoms with Crippen molar-refractivity contribution in [1.29, 1.82) is 0 Å². The number of aliphatic hydroxyl groups excluding tert-OH is 2. The van der Waals surface area contributed by atoms with Crippen molar-refractivity contribution >= 4 is 11.7 Å². The number of methoxy groups -OCH3 is 1. The Labute approximate surface area is 186 Å². The number of rotatable bonds is 3. The van der Waals surface area contributed by atoms with Crippen molar-refractivity contribution in [2.24, 2.45) is 29.1 Å². The number of Topliss-reactive ketones (excluding diaryl/α,β-unsaturated/α-hetero) is 1. The minimum atomic E-state index is -1.22. The molecule has 8 atom stereocenters. The molecule has 1 spiro atoms. The molecule has 0 aromatic heterocycles. The highest BCUT2D eigenvalue weighted by Crippen LogP contribution is 2.55. The van der Waals surface area contributed by atoms with Crippen LogP contribution in [0.25, 0.3) is 0 Å². The smallest absolute Gasteiger partial charge is 0.235 e. The fourth-order valence-corrected chi connectivity index (χ4v) is 6.08. The molecule has 3 aliphatic rings. The van der Waals surface area contributed by atoms with E-state index >= 15 is 0 Å². The summed E-state index contributed by atoms with van der Waals surface area (Å²) in [5.41, 5.74) is 0.994. The summed E-state index contributed by atoms with van der Waals surface area (Å²) < 4.78 is 5.45. The predicted octanol–water partition coefficient (Wildman–Crippen LogP) is 2.78. The van der Waals surface area contributed by atoms with E-state index in [1.165, 1.54) is 12.7 Å². The lowest BCUT2D eigenvalue weighted by Gasteiger charge is -2.45. The predicted molar refractivity (Wildman–Crippen MR) is 119 cm³/mol. The van der Waals surface area contributed by atoms with Gasteiger partial charge in [-0.25, -0.2) is 0 Å². The van der Waals surface area contributed by atoms with E-state index in [9.17, 15) is 19.8 Å². The van der Waals surface area contributed by atoms with Crippen molar-refractivity contribution in [2.45, 2.75) is 84.7 Å². The zero-order chi connectivity index (χ0) is 23.1. The maximum Gasteiger partial charge on any atom is 0.235 e. The van der Waals surface area contributed by atoms with E-state index in [2.05, 4.69) is 39.1 Å². The van der Waals surface area contributed by atoms with Gasteiger partial charge >= 0.3 is 0 Å². The summed E-state index contributed by atoms with van der Waals surface area (Å²) in [7, 11) is 1.44. The van der Waals surface area contributed by atoms with E-state index in [4.69, 9.17) is 4.74 Å². The molecule has 1 amide bonds. The summed E-state index contributed by atoms with van der Waals surface area (Å²) in [6.07, 6.45) is 2.79. The van der Waals surface area contributed by atoms with Crippen LogP contribution >= 0.6 is 0 Å². The molecule has 6 heteroatoms. The summed E-state index contributed by atoms with van der Waals surface area (Å²) in [5, 5.41) is 24.3. The van der Waals surface area contributed by atoms with Gasteiger partial charge in [0.15, 0.2) is 5.78 Å². The van der Waals surface area contributed by atoms with Gasteiger partial charge in [-0.05, 0) is 44.9 Å². The Morgan fingerprint density at radius 3 is 2.52 bits per heavy atom. The molecule has 1 saturated heterocycles. The van der Waals surface area contributed by atoms with Crippen molar-refractivity contribution in [2.75, 3.05) is 7.11 Å². The third-order valence-electron chi connectivity index (χ3n) is 7.83. The van der Waals surface area contributed by atoms with Crippen molar-refractivity contribution in [3.63, 3.8) is 0 Å². The zero-order valence-corrected chi connectivity index (χ0v) is 19.7. The fraction of sp³-hybridized carbons (Fsp3) is 0.760. The van der Waals surface area contributed by atoms with Crippen LogP contribution in [0, 0.1) is 29.1 Å². The Morgan fingerprint density at radius 1 is 1.23 bits per heavy atom. The van der Waals surface area contributed by atoms with Crippen LogP contribution in [-0.4, -0.2) is 53.4 Å². The molecule has 31 heavy (non-hydrogen) atoms. The minimum Gasteiger partial charge on any atom is -0.390 e. The summed E-state index contributed by atoms with van der Waals surface area (Å²) in [5.74, 6) is -0.445. The SMILES string of the molecule is CO[C@@H]1CC(=O)[C@@]23C(=O)N[C@@H](CC(C)C)[C@@H]2[C@@H](C)C(C)=C[C@@H]3/C=C(\C)CC[C@H](O)[C@@H]1O. The lowest BCUT2D eigenvalue weighted by atomic mass is 9.54. The van der Waals surface area contributed by atoms with Crippen LogP contribution in [0.5, 0.6) is 0 Å². The average molecular weight is 434 g/mol. The Balaban J connectivity index is 2.19. The number of allylic oxidation sites excluding steroid dienone is 4. The second kappa shape index (κ2) is 9.16. The van der Waals surface area contributed by atoms with Crippen LogP contribution in [0.1, 0.15) is 60.3 Å². The molecule has 0 radical (unpaired) electrons. The maximum absolute atomic E-state index is 14.0. The number of nitrogens with one attached hydrogen (secondary N) is 1. The van der Waals surface area contributed by atoms with Gasteiger partial charge in [0.25, 0.3) is 0 Å². The van der Waals surface area contributed by atoms with Crippen LogP contribution in [0.4, 0.5) is 0 Å². The first-order chi connectivity index (χ1) is 14.5. The largest absolute Gasteiger partial charge is 0.390 e. The molecule has 1 aliphatic heterocycles. The number of ether oxygens (including phenoxy) is 1. The normalized spacial score (nSPS) is 43.3. The van der Waals surface area contributed by atoms with Crippen LogP contribution < -0.4 is 5.32 Å². The summed E-state index contributed by atoms with van der Waals surface area (Å²) in [4.78, 5) is 27.7. The highest BCUT2D eigenvalue weighted by Gasteiger charge is 2.65. The number of amides is 1. The first-order valence-electron chi connectivity index (χ1n) is 11.6. The van der Waals surface area contributed by atoms with Gasteiger partial charge in [0.2, 0.25) is 5.91 Å². The van der Waals surface area contributed by atoms with Gasteiger partial charge in [-0.1, -0.05) is 44.1 Å². The van der Waals surface area contributed by atoms with Crippen molar-refractivity contribution in [3.8, 4) is 0 Å². The second-order valence-electron chi connectivity index (χ2n) is 10.3. The lowest BCUT2D eigenvalue weighted by molar-refractivity contribution is -0.149. The molecule has 0 saturated carbocycles. The van der Waals surface area contributed by atoms with E-state index in [1.54, 1.807) is 0 Å². The molecular weight excluding hydrogens is 394 g/mol. The van der Waals surface area contributed by atoms with E-state index in [1.807, 2.05) is 13.0 Å². The van der Waals surface area contributed by atoms with Gasteiger partial charge in [-0.15, -0.1) is 0 Å². The van der Waals surface area contributed by atoms with Gasteiger partial charge in [-0.3, -0.25) is 9.59 Å². The van der Waals surface area contributed by atoms with Gasteiger partial charge in [0.05, 0.1) is 12.2 Å². The van der Waals surface area contributed by atoms with Crippen LogP contribution in [-0.2, 0) is 14.3 Å². The summed E-state index contributed by atoms with van der Waals surface area (Å²) in [6.45, 7) is 10.4. The van der Waals surface area contributed by atoms with Crippen molar-refractivity contribution in [1.82, 2.24) is 5.32 Å². The molecule has 1 fully saturated rings. The van der Waals surface area contributed by atoms with Crippen molar-refractivity contribution in [3.05, 3.63) is 23.3 Å². The first-order valence-corrected chi connectivity index (χ1v) is 11.6. The number of ketones is 1. The summed E-state index contributed by atoms with van der Waals surface area (Å²) in [6, 6.07) is -0.0760. The monoisotopic (exact) mass is 433 g/mol. The fourth-order valence-electron chi connectivity index (χ4n) is 6.08. The third-order valence-corrected chi connectivity index (χ3v) is 7.83. The molecule has 3 N–H and O–H groups in total. The highest BCUT2D eigenvalue weighted by atomic mass is 16.5. The zero-order valence-electron chi connectivity index (χ0n) is 19.7. The van der Waals surface area contributed by atoms with Gasteiger partial charge in [-0.2, -0.15) is 0 Å². The number of carbonyl (C=O) groups excluding carboxylic acids is 2. The standard InChI is InChI=1S/C25H39NO5/c1-13(2)9-18-22-16(5)15(4)11-17-10-14(3)7-8-19(27)23(29)20(31-6)12-21(28)25(17,22)24(30)26-18/h10-11,13,16-20,22-23,27,29H,7-9,12H2,1-6H3,(H,26,30)/b14-10+/t16-,17-,18-,19-,20+,22-,23-,25+/m0/s1. The third kappa shape index (κ3) is 4.14. The molecule has 0 aromatic carbocycles. The Morgan fingerprint density at radius 2 is 1.90 bits per heavy atom. The Hall–Kier alpha value is -1.50. The van der Waals surface area contributed by atoms with Crippen LogP contribution in [0.3, 0.4) is 0 Å². The summed E-state index contributed by atoms with van der Waals surface area (Å²) >= 11 is 0. The average Bonchev–Trinajstić information content (AvgIpc) is 2.98. The Bertz CT molecular complexity index is 772. The molecule has 6 nitrogen and oxygen atoms in total. The Kier molecular flexibility index (Phi) is 7.14. The van der Waals surface area contributed by atoms with E-state index < -0.39 is 23.7 Å². The van der Waals surface area contributed by atoms with E-state index in [-0.39, 0.29) is 41.9 Å². The van der Waals surface area contributed by atoms with Crippen LogP contribution in [0.15, 0.2) is 23.3 Å². The first kappa shape index (κ1) is 24.1. The molecule has 2 aliphatic carbocycles. The van der Waals surface area contributed by atoms with E-state index in [0.717, 1.165) is 12.0 Å². The molecule has 0 unspecified atom stereocenters. The molecule has 0 aromatic rings. The lowest BCUT2D eigenvalue weighted by Crippen LogP contribution is -2.54. The van der Waals surface area contributed by atoms with E-state index in [0.29, 0.717) is 18.8 Å². The van der Waals surface area contributed by atoms with Crippen molar-refractivity contribution < 1.29 is 24.5 Å². The maximum atomic E-state index is 14.0. The molecule has 174 valence electrons. The second-order valence-corrected chi connectivity index (χ2v) is 10.3. The molecular formula is C25H39NO5. The molecule has 3 rings (SSSR count). The number of carbonyl (C=O) groups is 2. The number of hydrogen-bond donors (Lipinski definition) is 3.